The monoisotopic (exact) mass is 252 g/mol. The number of aromatic amines is 1. The zero-order valence-corrected chi connectivity index (χ0v) is 9.22. The van der Waals surface area contributed by atoms with Crippen LogP contribution < -0.4 is 5.56 Å². The number of carbonyl (C=O) groups is 1. The van der Waals surface area contributed by atoms with Gasteiger partial charge in [0.2, 0.25) is 0 Å². The predicted molar refractivity (Wildman–Crippen MR) is 51.4 cm³/mol. The van der Waals surface area contributed by atoms with Crippen molar-refractivity contribution < 1.29 is 22.7 Å². The third-order valence-corrected chi connectivity index (χ3v) is 2.06. The van der Waals surface area contributed by atoms with Crippen molar-refractivity contribution in [1.29, 1.82) is 0 Å². The summed E-state index contributed by atoms with van der Waals surface area (Å²) in [6, 6.07) is 0. The summed E-state index contributed by atoms with van der Waals surface area (Å²) in [5.41, 5.74) is -2.50. The first-order chi connectivity index (χ1) is 7.77. The first-order valence-corrected chi connectivity index (χ1v) is 4.79. The molecule has 8 heteroatoms. The fourth-order valence-corrected chi connectivity index (χ4v) is 1.30. The standard InChI is InChI=1S/C9H11F3N2O3/c1-3-17-6(15)4-14-8(16)5(2)7(13-14)9(10,11)12/h13H,3-4H2,1-2H3. The molecule has 0 fully saturated rings. The molecule has 1 aromatic heterocycles. The zero-order chi connectivity index (χ0) is 13.2. The van der Waals surface area contributed by atoms with E-state index in [0.717, 1.165) is 6.92 Å². The lowest BCUT2D eigenvalue weighted by Crippen LogP contribution is -2.24. The van der Waals surface area contributed by atoms with Crippen LogP contribution in [0.4, 0.5) is 13.2 Å². The van der Waals surface area contributed by atoms with Crippen LogP contribution in [-0.4, -0.2) is 22.4 Å². The Hall–Kier alpha value is -1.73. The minimum Gasteiger partial charge on any atom is -0.465 e. The Balaban J connectivity index is 3.04. The molecule has 0 aliphatic rings. The summed E-state index contributed by atoms with van der Waals surface area (Å²) in [7, 11) is 0. The van der Waals surface area contributed by atoms with Crippen LogP contribution in [0.1, 0.15) is 18.2 Å². The molecule has 0 saturated heterocycles. The second kappa shape index (κ2) is 4.64. The number of rotatable bonds is 3. The topological polar surface area (TPSA) is 64.1 Å². The number of ether oxygens (including phenoxy) is 1. The van der Waals surface area contributed by atoms with Gasteiger partial charge in [-0.1, -0.05) is 0 Å². The highest BCUT2D eigenvalue weighted by molar-refractivity contribution is 5.69. The average molecular weight is 252 g/mol. The zero-order valence-electron chi connectivity index (χ0n) is 9.22. The molecule has 0 saturated carbocycles. The van der Waals surface area contributed by atoms with Gasteiger partial charge in [-0.15, -0.1) is 0 Å². The highest BCUT2D eigenvalue weighted by Gasteiger charge is 2.36. The van der Waals surface area contributed by atoms with Gasteiger partial charge in [-0.05, 0) is 13.8 Å². The van der Waals surface area contributed by atoms with E-state index >= 15 is 0 Å². The van der Waals surface area contributed by atoms with Gasteiger partial charge in [-0.2, -0.15) is 13.2 Å². The van der Waals surface area contributed by atoms with E-state index < -0.39 is 35.5 Å². The van der Waals surface area contributed by atoms with E-state index in [2.05, 4.69) is 4.74 Å². The number of aromatic nitrogens is 2. The van der Waals surface area contributed by atoms with Gasteiger partial charge >= 0.3 is 12.1 Å². The second-order valence-electron chi connectivity index (χ2n) is 3.31. The van der Waals surface area contributed by atoms with Crippen LogP contribution in [0.25, 0.3) is 0 Å². The maximum atomic E-state index is 12.4. The molecule has 5 nitrogen and oxygen atoms in total. The number of hydrogen-bond acceptors (Lipinski definition) is 3. The van der Waals surface area contributed by atoms with E-state index in [9.17, 15) is 22.8 Å². The first kappa shape index (κ1) is 13.3. The highest BCUT2D eigenvalue weighted by Crippen LogP contribution is 2.28. The molecular formula is C9H11F3N2O3. The van der Waals surface area contributed by atoms with Crippen LogP contribution in [-0.2, 0) is 22.3 Å². The number of nitrogens with one attached hydrogen (secondary N) is 1. The Morgan fingerprint density at radius 2 is 2.06 bits per heavy atom. The maximum absolute atomic E-state index is 12.4. The minimum absolute atomic E-state index is 0.0966. The third-order valence-electron chi connectivity index (χ3n) is 2.06. The maximum Gasteiger partial charge on any atom is 0.433 e. The van der Waals surface area contributed by atoms with Crippen molar-refractivity contribution in [2.75, 3.05) is 6.61 Å². The normalized spacial score (nSPS) is 11.6. The van der Waals surface area contributed by atoms with Gasteiger partial charge in [0.15, 0.2) is 0 Å². The smallest absolute Gasteiger partial charge is 0.433 e. The van der Waals surface area contributed by atoms with Crippen molar-refractivity contribution in [2.24, 2.45) is 0 Å². The number of carbonyl (C=O) groups excluding carboxylic acids is 1. The molecule has 1 rings (SSSR count). The van der Waals surface area contributed by atoms with E-state index in [0.29, 0.717) is 4.68 Å². The third kappa shape index (κ3) is 2.89. The molecule has 0 spiro atoms. The fraction of sp³-hybridized carbons (Fsp3) is 0.556. The van der Waals surface area contributed by atoms with Crippen LogP contribution in [0, 0.1) is 6.92 Å². The fourth-order valence-electron chi connectivity index (χ4n) is 1.30. The molecule has 0 atom stereocenters. The molecule has 0 aliphatic carbocycles. The van der Waals surface area contributed by atoms with Gasteiger partial charge in [0.25, 0.3) is 5.56 Å². The second-order valence-corrected chi connectivity index (χ2v) is 3.31. The summed E-state index contributed by atoms with van der Waals surface area (Å²) >= 11 is 0. The van der Waals surface area contributed by atoms with Gasteiger partial charge in [-0.25, -0.2) is 4.68 Å². The molecule has 0 bridgehead atoms. The van der Waals surface area contributed by atoms with Gasteiger partial charge in [0.1, 0.15) is 12.2 Å². The summed E-state index contributed by atoms with van der Waals surface area (Å²) in [5, 5.41) is 1.86. The number of hydrogen-bond donors (Lipinski definition) is 1. The SMILES string of the molecule is CCOC(=O)Cn1[nH]c(C(F)(F)F)c(C)c1=O. The van der Waals surface area contributed by atoms with Crippen molar-refractivity contribution in [1.82, 2.24) is 9.78 Å². The lowest BCUT2D eigenvalue weighted by atomic mass is 10.3. The summed E-state index contributed by atoms with van der Waals surface area (Å²) in [6.45, 7) is 2.13. The van der Waals surface area contributed by atoms with Crippen molar-refractivity contribution in [3.8, 4) is 0 Å². The average Bonchev–Trinajstić information content (AvgIpc) is 2.46. The quantitative estimate of drug-likeness (QED) is 0.818. The van der Waals surface area contributed by atoms with Crippen LogP contribution in [0.2, 0.25) is 0 Å². The summed E-state index contributed by atoms with van der Waals surface area (Å²) in [4.78, 5) is 22.5. The highest BCUT2D eigenvalue weighted by atomic mass is 19.4. The molecule has 0 aliphatic heterocycles. The number of nitrogens with zero attached hydrogens (tertiary/aromatic N) is 1. The van der Waals surface area contributed by atoms with E-state index in [1.165, 1.54) is 0 Å². The van der Waals surface area contributed by atoms with Crippen LogP contribution >= 0.6 is 0 Å². The largest absolute Gasteiger partial charge is 0.465 e. The van der Waals surface area contributed by atoms with Crippen LogP contribution in [0.5, 0.6) is 0 Å². The van der Waals surface area contributed by atoms with E-state index in [4.69, 9.17) is 0 Å². The van der Waals surface area contributed by atoms with Crippen LogP contribution in [0.3, 0.4) is 0 Å². The van der Waals surface area contributed by atoms with Gasteiger partial charge < -0.3 is 4.74 Å². The lowest BCUT2D eigenvalue weighted by Gasteiger charge is -2.04. The lowest BCUT2D eigenvalue weighted by molar-refractivity contribution is -0.146. The Morgan fingerprint density at radius 3 is 2.47 bits per heavy atom. The number of esters is 1. The minimum atomic E-state index is -4.65. The van der Waals surface area contributed by atoms with E-state index in [1.807, 2.05) is 5.10 Å². The number of alkyl halides is 3. The molecule has 0 aromatic carbocycles. The molecule has 0 amide bonds. The van der Waals surface area contributed by atoms with Gasteiger partial charge in [-0.3, -0.25) is 14.7 Å². The Labute approximate surface area is 94.2 Å². The number of H-pyrrole nitrogens is 1. The van der Waals surface area contributed by atoms with E-state index in [-0.39, 0.29) is 6.61 Å². The van der Waals surface area contributed by atoms with Gasteiger partial charge in [0, 0.05) is 5.56 Å². The molecular weight excluding hydrogens is 241 g/mol. The molecule has 1 aromatic rings. The summed E-state index contributed by atoms with van der Waals surface area (Å²) in [6.07, 6.45) is -4.65. The predicted octanol–water partition coefficient (Wildman–Crippen LogP) is 1.07. The van der Waals surface area contributed by atoms with Crippen LogP contribution in [0.15, 0.2) is 4.79 Å². The van der Waals surface area contributed by atoms with E-state index in [1.54, 1.807) is 6.92 Å². The molecule has 1 heterocycles. The Morgan fingerprint density at radius 1 is 1.47 bits per heavy atom. The number of halogens is 3. The molecule has 1 N–H and O–H groups in total. The summed E-state index contributed by atoms with van der Waals surface area (Å²) < 4.78 is 42.4. The van der Waals surface area contributed by atoms with Crippen molar-refractivity contribution >= 4 is 5.97 Å². The summed E-state index contributed by atoms with van der Waals surface area (Å²) in [5.74, 6) is -0.774. The molecule has 96 valence electrons. The van der Waals surface area contributed by atoms with Crippen molar-refractivity contribution in [2.45, 2.75) is 26.6 Å². The van der Waals surface area contributed by atoms with Crippen molar-refractivity contribution in [3.63, 3.8) is 0 Å². The van der Waals surface area contributed by atoms with Gasteiger partial charge in [0.05, 0.1) is 6.61 Å². The Kier molecular flexibility index (Phi) is 3.64. The first-order valence-electron chi connectivity index (χ1n) is 4.79. The molecule has 0 unspecified atom stereocenters. The molecule has 0 radical (unpaired) electrons. The Bertz CT molecular complexity index is 473. The molecule has 17 heavy (non-hydrogen) atoms. The van der Waals surface area contributed by atoms with Crippen molar-refractivity contribution in [3.05, 3.63) is 21.6 Å².